The molecule has 3 aromatic rings. The quantitative estimate of drug-likeness (QED) is 0.625. The molecule has 0 amide bonds. The number of ether oxygens (including phenoxy) is 1. The topological polar surface area (TPSA) is 56.3 Å². The average molecular weight is 381 g/mol. The van der Waals surface area contributed by atoms with Crippen LogP contribution in [-0.4, -0.2) is 20.5 Å². The van der Waals surface area contributed by atoms with Gasteiger partial charge in [-0.3, -0.25) is 0 Å². The smallest absolute Gasteiger partial charge is 0.186 e. The van der Waals surface area contributed by atoms with E-state index in [1.807, 2.05) is 6.07 Å². The van der Waals surface area contributed by atoms with Crippen LogP contribution in [0, 0.1) is 11.6 Å². The third-order valence-corrected chi connectivity index (χ3v) is 6.05. The van der Waals surface area contributed by atoms with E-state index in [1.54, 1.807) is 30.7 Å². The van der Waals surface area contributed by atoms with E-state index in [4.69, 9.17) is 4.74 Å². The standard InChI is InChI=1S/C17H13F2NO3S2/c1-23-14-4-2-3-11(7-14)17-20-13(9-24-17)10-25(21,22)16-6-5-12(18)8-15(16)19/h2-9H,10H2,1H3. The van der Waals surface area contributed by atoms with Gasteiger partial charge in [-0.1, -0.05) is 12.1 Å². The Morgan fingerprint density at radius 3 is 2.68 bits per heavy atom. The summed E-state index contributed by atoms with van der Waals surface area (Å²) in [5.74, 6) is -1.74. The number of methoxy groups -OCH3 is 1. The lowest BCUT2D eigenvalue weighted by Gasteiger charge is -2.04. The largest absolute Gasteiger partial charge is 0.497 e. The summed E-state index contributed by atoms with van der Waals surface area (Å²) in [5.41, 5.74) is 1.09. The molecule has 1 aromatic heterocycles. The number of halogens is 2. The number of benzene rings is 2. The van der Waals surface area contributed by atoms with Crippen LogP contribution in [0.3, 0.4) is 0 Å². The molecular weight excluding hydrogens is 368 g/mol. The van der Waals surface area contributed by atoms with Gasteiger partial charge in [-0.05, 0) is 24.3 Å². The third kappa shape index (κ3) is 3.85. The molecule has 0 saturated heterocycles. The fraction of sp³-hybridized carbons (Fsp3) is 0.118. The van der Waals surface area contributed by atoms with Crippen molar-refractivity contribution in [2.45, 2.75) is 10.6 Å². The molecule has 0 aliphatic rings. The van der Waals surface area contributed by atoms with Gasteiger partial charge in [-0.25, -0.2) is 22.2 Å². The van der Waals surface area contributed by atoms with Gasteiger partial charge in [0.2, 0.25) is 0 Å². The van der Waals surface area contributed by atoms with Gasteiger partial charge >= 0.3 is 0 Å². The van der Waals surface area contributed by atoms with Gasteiger partial charge in [-0.2, -0.15) is 0 Å². The summed E-state index contributed by atoms with van der Waals surface area (Å²) in [7, 11) is -2.41. The maximum absolute atomic E-state index is 13.8. The molecule has 0 unspecified atom stereocenters. The highest BCUT2D eigenvalue weighted by atomic mass is 32.2. The van der Waals surface area contributed by atoms with Gasteiger partial charge in [0.05, 0.1) is 18.6 Å². The Morgan fingerprint density at radius 2 is 1.96 bits per heavy atom. The Bertz CT molecular complexity index is 1020. The van der Waals surface area contributed by atoms with Crippen LogP contribution in [0.5, 0.6) is 5.75 Å². The summed E-state index contributed by atoms with van der Waals surface area (Å²) in [5, 5.41) is 2.23. The zero-order valence-corrected chi connectivity index (χ0v) is 14.7. The summed E-state index contributed by atoms with van der Waals surface area (Å²) in [6, 6.07) is 9.61. The first kappa shape index (κ1) is 17.5. The van der Waals surface area contributed by atoms with Gasteiger partial charge in [-0.15, -0.1) is 11.3 Å². The van der Waals surface area contributed by atoms with E-state index in [1.165, 1.54) is 11.3 Å². The Labute approximate surface area is 147 Å². The summed E-state index contributed by atoms with van der Waals surface area (Å²) >= 11 is 1.28. The van der Waals surface area contributed by atoms with Crippen molar-refractivity contribution in [3.05, 3.63) is 65.2 Å². The van der Waals surface area contributed by atoms with Crippen LogP contribution in [0.2, 0.25) is 0 Å². The predicted molar refractivity (Wildman–Crippen MR) is 91.3 cm³/mol. The molecule has 3 rings (SSSR count). The van der Waals surface area contributed by atoms with Crippen molar-refractivity contribution >= 4 is 21.2 Å². The van der Waals surface area contributed by atoms with E-state index in [2.05, 4.69) is 4.98 Å². The van der Waals surface area contributed by atoms with Gasteiger partial charge in [0.15, 0.2) is 9.84 Å². The van der Waals surface area contributed by atoms with Crippen LogP contribution in [0.15, 0.2) is 52.7 Å². The SMILES string of the molecule is COc1cccc(-c2nc(CS(=O)(=O)c3ccc(F)cc3F)cs2)c1. The Hall–Kier alpha value is -2.32. The third-order valence-electron chi connectivity index (χ3n) is 3.44. The van der Waals surface area contributed by atoms with Crippen molar-refractivity contribution in [1.82, 2.24) is 4.98 Å². The second-order valence-electron chi connectivity index (χ2n) is 5.21. The molecule has 2 aromatic carbocycles. The molecule has 0 spiro atoms. The lowest BCUT2D eigenvalue weighted by molar-refractivity contribution is 0.415. The fourth-order valence-corrected chi connectivity index (χ4v) is 4.51. The zero-order chi connectivity index (χ0) is 18.0. The lowest BCUT2D eigenvalue weighted by Crippen LogP contribution is -2.08. The molecule has 0 radical (unpaired) electrons. The maximum Gasteiger partial charge on any atom is 0.186 e. The highest BCUT2D eigenvalue weighted by Crippen LogP contribution is 2.28. The van der Waals surface area contributed by atoms with Crippen LogP contribution in [0.25, 0.3) is 10.6 Å². The molecular formula is C17H13F2NO3S2. The maximum atomic E-state index is 13.8. The number of rotatable bonds is 5. The van der Waals surface area contributed by atoms with Crippen LogP contribution < -0.4 is 4.74 Å². The van der Waals surface area contributed by atoms with Gasteiger partial charge in [0.1, 0.15) is 27.3 Å². The molecule has 0 fully saturated rings. The number of nitrogens with zero attached hydrogens (tertiary/aromatic N) is 1. The summed E-state index contributed by atoms with van der Waals surface area (Å²) in [4.78, 5) is 3.76. The van der Waals surface area contributed by atoms with E-state index in [0.717, 1.165) is 17.7 Å². The first-order valence-electron chi connectivity index (χ1n) is 7.16. The molecule has 0 bridgehead atoms. The van der Waals surface area contributed by atoms with E-state index in [9.17, 15) is 17.2 Å². The highest BCUT2D eigenvalue weighted by molar-refractivity contribution is 7.90. The van der Waals surface area contributed by atoms with Crippen molar-refractivity contribution in [2.24, 2.45) is 0 Å². The lowest BCUT2D eigenvalue weighted by atomic mass is 10.2. The molecule has 0 aliphatic heterocycles. The molecule has 0 saturated carbocycles. The molecule has 0 aliphatic carbocycles. The molecule has 0 N–H and O–H groups in total. The summed E-state index contributed by atoms with van der Waals surface area (Å²) in [6.07, 6.45) is 0. The van der Waals surface area contributed by atoms with Crippen molar-refractivity contribution in [2.75, 3.05) is 7.11 Å². The van der Waals surface area contributed by atoms with Crippen molar-refractivity contribution in [3.63, 3.8) is 0 Å². The van der Waals surface area contributed by atoms with Crippen molar-refractivity contribution in [3.8, 4) is 16.3 Å². The van der Waals surface area contributed by atoms with Crippen LogP contribution in [-0.2, 0) is 15.6 Å². The first-order chi connectivity index (χ1) is 11.9. The number of sulfone groups is 1. The summed E-state index contributed by atoms with van der Waals surface area (Å²) in [6.45, 7) is 0. The van der Waals surface area contributed by atoms with Crippen LogP contribution in [0.4, 0.5) is 8.78 Å². The zero-order valence-electron chi connectivity index (χ0n) is 13.1. The minimum atomic E-state index is -3.96. The monoisotopic (exact) mass is 381 g/mol. The predicted octanol–water partition coefficient (Wildman–Crippen LogP) is 4.07. The molecule has 1 heterocycles. The van der Waals surface area contributed by atoms with Crippen molar-refractivity contribution < 1.29 is 21.9 Å². The van der Waals surface area contributed by atoms with E-state index in [0.29, 0.717) is 22.5 Å². The Balaban J connectivity index is 1.87. The normalized spacial score (nSPS) is 11.5. The molecule has 130 valence electrons. The summed E-state index contributed by atoms with van der Waals surface area (Å²) < 4.78 is 56.6. The Kier molecular flexibility index (Phi) is 4.82. The van der Waals surface area contributed by atoms with E-state index < -0.39 is 32.1 Å². The second-order valence-corrected chi connectivity index (χ2v) is 8.03. The van der Waals surface area contributed by atoms with Gasteiger partial charge < -0.3 is 4.74 Å². The van der Waals surface area contributed by atoms with Crippen LogP contribution >= 0.6 is 11.3 Å². The van der Waals surface area contributed by atoms with Crippen molar-refractivity contribution in [1.29, 1.82) is 0 Å². The van der Waals surface area contributed by atoms with Gasteiger partial charge in [0, 0.05) is 17.0 Å². The minimum Gasteiger partial charge on any atom is -0.497 e. The molecule has 4 nitrogen and oxygen atoms in total. The van der Waals surface area contributed by atoms with Gasteiger partial charge in [0.25, 0.3) is 0 Å². The van der Waals surface area contributed by atoms with E-state index in [-0.39, 0.29) is 0 Å². The minimum absolute atomic E-state index is 0.298. The first-order valence-corrected chi connectivity index (χ1v) is 9.69. The number of aromatic nitrogens is 1. The van der Waals surface area contributed by atoms with Crippen LogP contribution in [0.1, 0.15) is 5.69 Å². The fourth-order valence-electron chi connectivity index (χ4n) is 2.26. The molecule has 0 atom stereocenters. The second kappa shape index (κ2) is 6.89. The number of hydrogen-bond acceptors (Lipinski definition) is 5. The average Bonchev–Trinajstić information content (AvgIpc) is 3.02. The Morgan fingerprint density at radius 1 is 1.16 bits per heavy atom. The number of hydrogen-bond donors (Lipinski definition) is 0. The molecule has 8 heteroatoms. The van der Waals surface area contributed by atoms with E-state index >= 15 is 0 Å². The highest BCUT2D eigenvalue weighted by Gasteiger charge is 2.22. The molecule has 25 heavy (non-hydrogen) atoms. The number of thiazole rings is 1.